The fourth-order valence-electron chi connectivity index (χ4n) is 1.28. The van der Waals surface area contributed by atoms with E-state index in [9.17, 15) is 9.59 Å². The molecule has 0 saturated heterocycles. The zero-order chi connectivity index (χ0) is 15.0. The van der Waals surface area contributed by atoms with Crippen LogP contribution in [0.1, 0.15) is 13.8 Å². The van der Waals surface area contributed by atoms with Crippen LogP contribution in [0.5, 0.6) is 5.75 Å². The Morgan fingerprint density at radius 3 is 2.35 bits per heavy atom. The largest absolute Gasteiger partial charge is 0.482 e. The first-order valence-corrected chi connectivity index (χ1v) is 6.22. The Hall–Kier alpha value is -2.08. The molecule has 1 rings (SSSR count). The van der Waals surface area contributed by atoms with E-state index >= 15 is 0 Å². The van der Waals surface area contributed by atoms with Crippen LogP contribution in [0.4, 0.5) is 5.69 Å². The topological polar surface area (TPSA) is 73.9 Å². The molecule has 0 aliphatic heterocycles. The molecule has 0 bridgehead atoms. The van der Waals surface area contributed by atoms with Crippen LogP contribution in [0, 0.1) is 0 Å². The Bertz CT molecular complexity index is 441. The van der Waals surface area contributed by atoms with E-state index in [1.807, 2.05) is 13.8 Å². The molecule has 0 atom stereocenters. The standard InChI is InChI=1S/C14H19NO5/c1-10(2)19-8-13(16)15-11-4-6-12(7-5-11)20-9-14(17)18-3/h4-7,10H,8-9H2,1-3H3,(H,15,16). The second-order valence-electron chi connectivity index (χ2n) is 4.30. The predicted molar refractivity (Wildman–Crippen MR) is 73.7 cm³/mol. The summed E-state index contributed by atoms with van der Waals surface area (Å²) in [4.78, 5) is 22.4. The molecule has 1 N–H and O–H groups in total. The lowest BCUT2D eigenvalue weighted by Crippen LogP contribution is -2.20. The van der Waals surface area contributed by atoms with Crippen molar-refractivity contribution in [3.8, 4) is 5.75 Å². The van der Waals surface area contributed by atoms with Crippen LogP contribution in [-0.2, 0) is 19.1 Å². The summed E-state index contributed by atoms with van der Waals surface area (Å²) < 4.78 is 14.8. The number of benzene rings is 1. The van der Waals surface area contributed by atoms with Gasteiger partial charge in [0.05, 0.1) is 13.2 Å². The van der Waals surface area contributed by atoms with Crippen molar-refractivity contribution in [3.05, 3.63) is 24.3 Å². The SMILES string of the molecule is COC(=O)COc1ccc(NC(=O)COC(C)C)cc1. The van der Waals surface area contributed by atoms with Crippen LogP contribution in [0.25, 0.3) is 0 Å². The van der Waals surface area contributed by atoms with Crippen molar-refractivity contribution in [2.24, 2.45) is 0 Å². The third-order valence-corrected chi connectivity index (χ3v) is 2.27. The molecule has 0 aliphatic rings. The molecule has 0 unspecified atom stereocenters. The van der Waals surface area contributed by atoms with E-state index in [0.29, 0.717) is 11.4 Å². The van der Waals surface area contributed by atoms with Gasteiger partial charge in [-0.15, -0.1) is 0 Å². The zero-order valence-corrected chi connectivity index (χ0v) is 11.8. The minimum Gasteiger partial charge on any atom is -0.482 e. The zero-order valence-electron chi connectivity index (χ0n) is 11.8. The molecule has 0 aliphatic carbocycles. The summed E-state index contributed by atoms with van der Waals surface area (Å²) in [5.41, 5.74) is 0.632. The molecular weight excluding hydrogens is 262 g/mol. The Kier molecular flexibility index (Phi) is 6.52. The number of anilines is 1. The van der Waals surface area contributed by atoms with Gasteiger partial charge in [-0.25, -0.2) is 4.79 Å². The van der Waals surface area contributed by atoms with Gasteiger partial charge in [0.25, 0.3) is 0 Å². The quantitative estimate of drug-likeness (QED) is 0.768. The Morgan fingerprint density at radius 1 is 1.15 bits per heavy atom. The summed E-state index contributed by atoms with van der Waals surface area (Å²) in [6.45, 7) is 3.59. The smallest absolute Gasteiger partial charge is 0.343 e. The van der Waals surface area contributed by atoms with Crippen molar-refractivity contribution in [2.45, 2.75) is 20.0 Å². The number of ether oxygens (including phenoxy) is 3. The maximum atomic E-state index is 11.5. The molecule has 1 aromatic rings. The van der Waals surface area contributed by atoms with Crippen LogP contribution < -0.4 is 10.1 Å². The molecule has 6 heteroatoms. The van der Waals surface area contributed by atoms with Crippen molar-refractivity contribution in [2.75, 3.05) is 25.6 Å². The van der Waals surface area contributed by atoms with Crippen LogP contribution in [0.2, 0.25) is 0 Å². The third kappa shape index (κ3) is 6.19. The number of rotatable bonds is 7. The van der Waals surface area contributed by atoms with Crippen LogP contribution in [0.3, 0.4) is 0 Å². The lowest BCUT2D eigenvalue weighted by Gasteiger charge is -2.09. The third-order valence-electron chi connectivity index (χ3n) is 2.27. The molecule has 0 aromatic heterocycles. The molecule has 0 fully saturated rings. The number of esters is 1. The Labute approximate surface area is 118 Å². The van der Waals surface area contributed by atoms with Gasteiger partial charge in [0.1, 0.15) is 12.4 Å². The number of methoxy groups -OCH3 is 1. The molecule has 1 aromatic carbocycles. The molecule has 0 heterocycles. The number of carbonyl (C=O) groups excluding carboxylic acids is 2. The predicted octanol–water partition coefficient (Wildman–Crippen LogP) is 1.60. The highest BCUT2D eigenvalue weighted by Gasteiger charge is 2.05. The summed E-state index contributed by atoms with van der Waals surface area (Å²) >= 11 is 0. The first-order chi connectivity index (χ1) is 9.51. The summed E-state index contributed by atoms with van der Waals surface area (Å²) in [6.07, 6.45) is 0.00912. The molecule has 0 spiro atoms. The molecule has 0 saturated carbocycles. The fourth-order valence-corrected chi connectivity index (χ4v) is 1.28. The molecule has 110 valence electrons. The van der Waals surface area contributed by atoms with E-state index in [1.165, 1.54) is 7.11 Å². The Morgan fingerprint density at radius 2 is 1.80 bits per heavy atom. The summed E-state index contributed by atoms with van der Waals surface area (Å²) in [6, 6.07) is 6.67. The highest BCUT2D eigenvalue weighted by atomic mass is 16.6. The second kappa shape index (κ2) is 8.16. The molecular formula is C14H19NO5. The van der Waals surface area contributed by atoms with E-state index < -0.39 is 5.97 Å². The fraction of sp³-hybridized carbons (Fsp3) is 0.429. The highest BCUT2D eigenvalue weighted by Crippen LogP contribution is 2.15. The van der Waals surface area contributed by atoms with Crippen molar-refractivity contribution >= 4 is 17.6 Å². The summed E-state index contributed by atoms with van der Waals surface area (Å²) in [5.74, 6) is -0.151. The Balaban J connectivity index is 2.42. The van der Waals surface area contributed by atoms with Gasteiger partial charge in [0.2, 0.25) is 5.91 Å². The average Bonchev–Trinajstić information content (AvgIpc) is 2.44. The van der Waals surface area contributed by atoms with Crippen molar-refractivity contribution in [1.82, 2.24) is 0 Å². The van der Waals surface area contributed by atoms with E-state index in [2.05, 4.69) is 10.1 Å². The maximum Gasteiger partial charge on any atom is 0.343 e. The van der Waals surface area contributed by atoms with Crippen LogP contribution in [0.15, 0.2) is 24.3 Å². The summed E-state index contributed by atoms with van der Waals surface area (Å²) in [7, 11) is 1.30. The first-order valence-electron chi connectivity index (χ1n) is 6.22. The van der Waals surface area contributed by atoms with Crippen LogP contribution >= 0.6 is 0 Å². The first kappa shape index (κ1) is 16.0. The number of nitrogens with one attached hydrogen (secondary N) is 1. The molecule has 0 radical (unpaired) electrons. The maximum absolute atomic E-state index is 11.5. The molecule has 20 heavy (non-hydrogen) atoms. The number of amides is 1. The van der Waals surface area contributed by atoms with Crippen LogP contribution in [-0.4, -0.2) is 38.3 Å². The lowest BCUT2D eigenvalue weighted by molar-refractivity contribution is -0.142. The normalized spacial score (nSPS) is 10.2. The van der Waals surface area contributed by atoms with Gasteiger partial charge >= 0.3 is 5.97 Å². The average molecular weight is 281 g/mol. The van der Waals surface area contributed by atoms with Gasteiger partial charge in [-0.1, -0.05) is 0 Å². The lowest BCUT2D eigenvalue weighted by atomic mass is 10.3. The van der Waals surface area contributed by atoms with E-state index in [1.54, 1.807) is 24.3 Å². The number of hydrogen-bond acceptors (Lipinski definition) is 5. The minimum absolute atomic E-state index is 0.00912. The molecule has 1 amide bonds. The van der Waals surface area contributed by atoms with E-state index in [-0.39, 0.29) is 25.2 Å². The van der Waals surface area contributed by atoms with Gasteiger partial charge in [-0.05, 0) is 38.1 Å². The van der Waals surface area contributed by atoms with E-state index in [0.717, 1.165) is 0 Å². The second-order valence-corrected chi connectivity index (χ2v) is 4.30. The summed E-state index contributed by atoms with van der Waals surface area (Å²) in [5, 5.41) is 2.69. The van der Waals surface area contributed by atoms with Gasteiger partial charge in [-0.2, -0.15) is 0 Å². The van der Waals surface area contributed by atoms with Gasteiger partial charge in [-0.3, -0.25) is 4.79 Å². The van der Waals surface area contributed by atoms with Crippen molar-refractivity contribution in [3.63, 3.8) is 0 Å². The van der Waals surface area contributed by atoms with Crippen molar-refractivity contribution in [1.29, 1.82) is 0 Å². The van der Waals surface area contributed by atoms with Crippen molar-refractivity contribution < 1.29 is 23.8 Å². The van der Waals surface area contributed by atoms with Gasteiger partial charge in [0.15, 0.2) is 6.61 Å². The molecule has 6 nitrogen and oxygen atoms in total. The number of carbonyl (C=O) groups is 2. The minimum atomic E-state index is -0.451. The monoisotopic (exact) mass is 281 g/mol. The van der Waals surface area contributed by atoms with E-state index in [4.69, 9.17) is 9.47 Å². The van der Waals surface area contributed by atoms with Gasteiger partial charge in [0, 0.05) is 5.69 Å². The highest BCUT2D eigenvalue weighted by molar-refractivity contribution is 5.91. The number of hydrogen-bond donors (Lipinski definition) is 1. The van der Waals surface area contributed by atoms with Gasteiger partial charge < -0.3 is 19.5 Å².